The fraction of sp³-hybridized carbons (Fsp3) is 0.364. The van der Waals surface area contributed by atoms with Crippen LogP contribution >= 0.6 is 0 Å². The molecule has 0 aliphatic rings. The number of esters is 1. The smallest absolute Gasteiger partial charge is 0.305 e. The molecule has 1 aromatic rings. The Morgan fingerprint density at radius 2 is 1.94 bits per heavy atom. The molecule has 17 heavy (non-hydrogen) atoms. The molecule has 0 aromatic heterocycles. The second-order valence-electron chi connectivity index (χ2n) is 3.26. The summed E-state index contributed by atoms with van der Waals surface area (Å²) in [7, 11) is 0.723. The lowest BCUT2D eigenvalue weighted by molar-refractivity contribution is -0.140. The molecule has 1 unspecified atom stereocenters. The molecule has 0 spiro atoms. The van der Waals surface area contributed by atoms with Crippen LogP contribution in [0.1, 0.15) is 12.0 Å². The summed E-state index contributed by atoms with van der Waals surface area (Å²) in [5, 5.41) is 0. The molecule has 94 valence electrons. The van der Waals surface area contributed by atoms with E-state index < -0.39 is 10.9 Å². The highest BCUT2D eigenvalue weighted by Crippen LogP contribution is 2.14. The molecule has 0 fully saturated rings. The molecular formula is C11H15NO4S. The Bertz CT molecular complexity index is 449. The molecule has 0 aliphatic heterocycles. The van der Waals surface area contributed by atoms with Gasteiger partial charge in [-0.2, -0.15) is 4.36 Å². The lowest BCUT2D eigenvalue weighted by Gasteiger charge is -2.00. The van der Waals surface area contributed by atoms with Gasteiger partial charge in [0.15, 0.2) is 10.9 Å². The van der Waals surface area contributed by atoms with Gasteiger partial charge in [0.25, 0.3) is 0 Å². The number of hydrogen-bond donors (Lipinski definition) is 1. The number of carbonyl (C=O) groups is 1. The quantitative estimate of drug-likeness (QED) is 0.643. The van der Waals surface area contributed by atoms with E-state index in [1.54, 1.807) is 12.1 Å². The van der Waals surface area contributed by atoms with Crippen LogP contribution in [0.3, 0.4) is 0 Å². The Balaban J connectivity index is 2.62. The van der Waals surface area contributed by atoms with E-state index in [0.29, 0.717) is 18.5 Å². The molecule has 6 heteroatoms. The number of hydrogen-bond acceptors (Lipinski definition) is 5. The van der Waals surface area contributed by atoms with Crippen LogP contribution in [0, 0.1) is 0 Å². The normalized spacial score (nSPS) is 12.4. The molecule has 0 saturated carbocycles. The zero-order valence-corrected chi connectivity index (χ0v) is 10.6. The molecular weight excluding hydrogens is 242 g/mol. The van der Waals surface area contributed by atoms with E-state index in [4.69, 9.17) is 0 Å². The summed E-state index contributed by atoms with van der Waals surface area (Å²) in [6.07, 6.45) is 0.961. The number of ether oxygens (including phenoxy) is 1. The molecule has 1 aromatic carbocycles. The highest BCUT2D eigenvalue weighted by molar-refractivity contribution is 7.69. The van der Waals surface area contributed by atoms with Gasteiger partial charge in [0.05, 0.1) is 19.9 Å². The third-order valence-electron chi connectivity index (χ3n) is 2.14. The summed E-state index contributed by atoms with van der Waals surface area (Å²) in [4.78, 5) is 10.9. The Morgan fingerprint density at radius 3 is 2.47 bits per heavy atom. The van der Waals surface area contributed by atoms with Crippen molar-refractivity contribution in [2.24, 2.45) is 4.36 Å². The van der Waals surface area contributed by atoms with Crippen molar-refractivity contribution in [1.82, 2.24) is 0 Å². The molecule has 0 saturated heterocycles. The van der Waals surface area contributed by atoms with Gasteiger partial charge in [0.1, 0.15) is 0 Å². The number of methoxy groups -OCH3 is 1. The number of benzene rings is 1. The van der Waals surface area contributed by atoms with Gasteiger partial charge in [-0.1, -0.05) is 12.1 Å². The first-order valence-electron chi connectivity index (χ1n) is 5.04. The SMILES string of the molecule is COC(=O)CCc1ccc(N=[SH](=O)OC)cc1. The van der Waals surface area contributed by atoms with Gasteiger partial charge in [-0.3, -0.25) is 8.98 Å². The van der Waals surface area contributed by atoms with Gasteiger partial charge in [-0.15, -0.1) is 0 Å². The summed E-state index contributed by atoms with van der Waals surface area (Å²) in [5.41, 5.74) is 1.59. The molecule has 0 radical (unpaired) electrons. The van der Waals surface area contributed by atoms with Gasteiger partial charge >= 0.3 is 5.97 Å². The maximum absolute atomic E-state index is 11.0. The minimum Gasteiger partial charge on any atom is -0.469 e. The van der Waals surface area contributed by atoms with E-state index in [0.717, 1.165) is 5.56 Å². The number of carbonyl (C=O) groups excluding carboxylic acids is 1. The van der Waals surface area contributed by atoms with Crippen molar-refractivity contribution in [2.75, 3.05) is 14.2 Å². The van der Waals surface area contributed by atoms with Crippen LogP contribution in [0.4, 0.5) is 5.69 Å². The van der Waals surface area contributed by atoms with Crippen molar-refractivity contribution in [3.8, 4) is 0 Å². The Labute approximate surface area is 102 Å². The highest BCUT2D eigenvalue weighted by Gasteiger charge is 2.01. The number of thiol groups is 1. The van der Waals surface area contributed by atoms with Gasteiger partial charge < -0.3 is 4.74 Å². The second kappa shape index (κ2) is 7.03. The van der Waals surface area contributed by atoms with Crippen molar-refractivity contribution >= 4 is 22.5 Å². The molecule has 0 bridgehead atoms. The predicted octanol–water partition coefficient (Wildman–Crippen LogP) is 1.65. The predicted molar refractivity (Wildman–Crippen MR) is 65.4 cm³/mol. The topological polar surface area (TPSA) is 65.0 Å². The largest absolute Gasteiger partial charge is 0.469 e. The second-order valence-corrected chi connectivity index (χ2v) is 4.30. The van der Waals surface area contributed by atoms with E-state index in [1.807, 2.05) is 12.1 Å². The Morgan fingerprint density at radius 1 is 1.29 bits per heavy atom. The van der Waals surface area contributed by atoms with Crippen molar-refractivity contribution in [3.63, 3.8) is 0 Å². The average Bonchev–Trinajstić information content (AvgIpc) is 2.37. The van der Waals surface area contributed by atoms with Gasteiger partial charge in [0.2, 0.25) is 0 Å². The van der Waals surface area contributed by atoms with E-state index in [1.165, 1.54) is 14.2 Å². The summed E-state index contributed by atoms with van der Waals surface area (Å²) in [5.74, 6) is -0.235. The van der Waals surface area contributed by atoms with Crippen molar-refractivity contribution in [1.29, 1.82) is 0 Å². The molecule has 5 nitrogen and oxygen atoms in total. The standard InChI is InChI=1S/C11H15NO4S/c1-15-11(13)8-5-9-3-6-10(7-4-9)12-17(14)16-2/h3-4,6-7,17H,5,8H2,1-2H3. The fourth-order valence-corrected chi connectivity index (χ4v) is 1.62. The van der Waals surface area contributed by atoms with Crippen LogP contribution in [0.15, 0.2) is 28.6 Å². The van der Waals surface area contributed by atoms with E-state index in [-0.39, 0.29) is 5.97 Å². The van der Waals surface area contributed by atoms with Crippen LogP contribution in [-0.2, 0) is 31.0 Å². The van der Waals surface area contributed by atoms with Gasteiger partial charge in [-0.25, -0.2) is 4.21 Å². The number of rotatable bonds is 5. The lowest BCUT2D eigenvalue weighted by Crippen LogP contribution is -2.01. The van der Waals surface area contributed by atoms with E-state index in [9.17, 15) is 9.00 Å². The monoisotopic (exact) mass is 257 g/mol. The third kappa shape index (κ3) is 4.97. The number of aryl methyl sites for hydroxylation is 1. The molecule has 0 amide bonds. The summed E-state index contributed by atoms with van der Waals surface area (Å²) in [6, 6.07) is 7.14. The maximum atomic E-state index is 11.0. The molecule has 0 heterocycles. The third-order valence-corrected chi connectivity index (χ3v) is 2.84. The molecule has 0 aliphatic carbocycles. The summed E-state index contributed by atoms with van der Waals surface area (Å²) < 4.78 is 24.0. The van der Waals surface area contributed by atoms with Crippen LogP contribution in [0.25, 0.3) is 0 Å². The van der Waals surface area contributed by atoms with Crippen LogP contribution in [0.2, 0.25) is 0 Å². The zero-order valence-electron chi connectivity index (χ0n) is 9.75. The van der Waals surface area contributed by atoms with Crippen LogP contribution < -0.4 is 0 Å². The minimum atomic E-state index is -1.98. The maximum Gasteiger partial charge on any atom is 0.305 e. The van der Waals surface area contributed by atoms with Gasteiger partial charge in [0, 0.05) is 6.42 Å². The average molecular weight is 257 g/mol. The van der Waals surface area contributed by atoms with Crippen molar-refractivity contribution < 1.29 is 17.9 Å². The lowest BCUT2D eigenvalue weighted by atomic mass is 10.1. The Hall–Kier alpha value is -1.40. The summed E-state index contributed by atoms with van der Waals surface area (Å²) in [6.45, 7) is 0. The minimum absolute atomic E-state index is 0.235. The van der Waals surface area contributed by atoms with Gasteiger partial charge in [-0.05, 0) is 24.1 Å². The van der Waals surface area contributed by atoms with E-state index in [2.05, 4.69) is 13.3 Å². The summed E-state index contributed by atoms with van der Waals surface area (Å²) >= 11 is 0. The van der Waals surface area contributed by atoms with Crippen molar-refractivity contribution in [3.05, 3.63) is 29.8 Å². The first-order valence-corrected chi connectivity index (χ1v) is 6.17. The molecule has 0 N–H and O–H groups in total. The molecule has 1 rings (SSSR count). The zero-order chi connectivity index (χ0) is 12.7. The van der Waals surface area contributed by atoms with E-state index >= 15 is 0 Å². The first-order chi connectivity index (χ1) is 8.15. The first kappa shape index (κ1) is 13.7. The van der Waals surface area contributed by atoms with Crippen LogP contribution in [0.5, 0.6) is 0 Å². The van der Waals surface area contributed by atoms with Crippen LogP contribution in [-0.4, -0.2) is 24.4 Å². The van der Waals surface area contributed by atoms with Crippen molar-refractivity contribution in [2.45, 2.75) is 12.8 Å². The highest BCUT2D eigenvalue weighted by atomic mass is 32.2. The Kier molecular flexibility index (Phi) is 5.65. The fourth-order valence-electron chi connectivity index (χ4n) is 1.21. The molecule has 1 atom stereocenters. The number of nitrogens with zero attached hydrogens (tertiary/aromatic N) is 1.